The summed E-state index contributed by atoms with van der Waals surface area (Å²) in [6, 6.07) is 9.43. The molecule has 23 heavy (non-hydrogen) atoms. The number of pyridine rings is 1. The number of benzene rings is 1. The minimum Gasteiger partial charge on any atom is -0.478 e. The zero-order valence-electron chi connectivity index (χ0n) is 12.8. The molecule has 3 aromatic rings. The number of hydrogen-bond donors (Lipinski definition) is 1. The lowest BCUT2D eigenvalue weighted by atomic mass is 10.0. The highest BCUT2D eigenvalue weighted by molar-refractivity contribution is 5.89. The molecule has 3 rings (SSSR count). The van der Waals surface area contributed by atoms with Crippen LogP contribution in [0.25, 0.3) is 10.9 Å². The van der Waals surface area contributed by atoms with Crippen LogP contribution in [0.5, 0.6) is 0 Å². The van der Waals surface area contributed by atoms with E-state index in [1.165, 1.54) is 12.3 Å². The van der Waals surface area contributed by atoms with E-state index in [0.29, 0.717) is 25.1 Å². The van der Waals surface area contributed by atoms with Gasteiger partial charge >= 0.3 is 5.97 Å². The quantitative estimate of drug-likeness (QED) is 0.756. The van der Waals surface area contributed by atoms with E-state index in [-0.39, 0.29) is 5.56 Å². The first-order valence-corrected chi connectivity index (χ1v) is 7.30. The number of aromatic carboxylic acids is 1. The Morgan fingerprint density at radius 2 is 2.13 bits per heavy atom. The molecule has 0 unspecified atom stereocenters. The first-order chi connectivity index (χ1) is 11.2. The summed E-state index contributed by atoms with van der Waals surface area (Å²) in [5, 5.41) is 15.0. The van der Waals surface area contributed by atoms with Crippen molar-refractivity contribution < 1.29 is 14.6 Å². The lowest BCUT2D eigenvalue weighted by Crippen LogP contribution is -2.07. The zero-order chi connectivity index (χ0) is 16.2. The smallest absolute Gasteiger partial charge is 0.336 e. The lowest BCUT2D eigenvalue weighted by Gasteiger charge is -2.03. The van der Waals surface area contributed by atoms with Crippen LogP contribution in [0.15, 0.2) is 42.7 Å². The average Bonchev–Trinajstić information content (AvgIpc) is 2.91. The molecule has 2 heterocycles. The Hall–Kier alpha value is -2.73. The molecule has 0 spiro atoms. The van der Waals surface area contributed by atoms with E-state index in [1.807, 2.05) is 28.9 Å². The van der Waals surface area contributed by atoms with Crippen LogP contribution in [0.2, 0.25) is 0 Å². The minimum absolute atomic E-state index is 0.260. The van der Waals surface area contributed by atoms with Gasteiger partial charge in [0.15, 0.2) is 0 Å². The molecule has 0 fully saturated rings. The van der Waals surface area contributed by atoms with Crippen LogP contribution in [-0.4, -0.2) is 39.6 Å². The summed E-state index contributed by atoms with van der Waals surface area (Å²) in [6.45, 7) is 1.22. The minimum atomic E-state index is -0.953. The normalized spacial score (nSPS) is 11.0. The molecule has 0 aliphatic heterocycles. The van der Waals surface area contributed by atoms with Crippen molar-refractivity contribution in [3.05, 3.63) is 59.5 Å². The van der Waals surface area contributed by atoms with Crippen LogP contribution >= 0.6 is 0 Å². The molecule has 6 nitrogen and oxygen atoms in total. The summed E-state index contributed by atoms with van der Waals surface area (Å²) in [4.78, 5) is 15.4. The summed E-state index contributed by atoms with van der Waals surface area (Å²) >= 11 is 0. The van der Waals surface area contributed by atoms with Crippen LogP contribution in [0.4, 0.5) is 0 Å². The largest absolute Gasteiger partial charge is 0.478 e. The number of hydrogen-bond acceptors (Lipinski definition) is 4. The maximum Gasteiger partial charge on any atom is 0.336 e. The Morgan fingerprint density at radius 3 is 2.91 bits per heavy atom. The molecular formula is C17H17N3O3. The van der Waals surface area contributed by atoms with Gasteiger partial charge in [-0.2, -0.15) is 5.10 Å². The van der Waals surface area contributed by atoms with Gasteiger partial charge in [0, 0.05) is 31.3 Å². The van der Waals surface area contributed by atoms with E-state index in [4.69, 9.17) is 4.74 Å². The fourth-order valence-corrected chi connectivity index (χ4v) is 2.63. The fourth-order valence-electron chi connectivity index (χ4n) is 2.63. The van der Waals surface area contributed by atoms with Gasteiger partial charge in [-0.3, -0.25) is 9.67 Å². The van der Waals surface area contributed by atoms with E-state index in [2.05, 4.69) is 10.1 Å². The Kier molecular flexibility index (Phi) is 4.34. The van der Waals surface area contributed by atoms with Gasteiger partial charge in [-0.05, 0) is 17.7 Å². The van der Waals surface area contributed by atoms with E-state index < -0.39 is 5.97 Å². The molecular weight excluding hydrogens is 294 g/mol. The number of carbonyl (C=O) groups is 1. The standard InChI is InChI=1S/C17H17N3O3/c1-23-9-8-20-16-5-3-2-4-14(16)15(19-20)10-12-11-18-7-6-13(12)17(21)22/h2-7,11H,8-10H2,1H3,(H,21,22). The monoisotopic (exact) mass is 311 g/mol. The van der Waals surface area contributed by atoms with Crippen LogP contribution in [-0.2, 0) is 17.7 Å². The van der Waals surface area contributed by atoms with Gasteiger partial charge in [-0.15, -0.1) is 0 Å². The van der Waals surface area contributed by atoms with Crippen LogP contribution in [0.1, 0.15) is 21.6 Å². The number of nitrogens with zero attached hydrogens (tertiary/aromatic N) is 3. The van der Waals surface area contributed by atoms with Gasteiger partial charge < -0.3 is 9.84 Å². The molecule has 0 atom stereocenters. The zero-order valence-corrected chi connectivity index (χ0v) is 12.8. The first kappa shape index (κ1) is 15.2. The maximum atomic E-state index is 11.4. The molecule has 0 aliphatic carbocycles. The van der Waals surface area contributed by atoms with E-state index in [1.54, 1.807) is 13.3 Å². The highest BCUT2D eigenvalue weighted by atomic mass is 16.5. The lowest BCUT2D eigenvalue weighted by molar-refractivity contribution is 0.0695. The molecule has 0 radical (unpaired) electrons. The molecule has 0 amide bonds. The Balaban J connectivity index is 2.02. The third kappa shape index (κ3) is 3.07. The van der Waals surface area contributed by atoms with Gasteiger partial charge in [-0.1, -0.05) is 18.2 Å². The van der Waals surface area contributed by atoms with Crippen molar-refractivity contribution in [1.82, 2.24) is 14.8 Å². The summed E-state index contributed by atoms with van der Waals surface area (Å²) in [5.74, 6) is -0.953. The van der Waals surface area contributed by atoms with Gasteiger partial charge in [0.2, 0.25) is 0 Å². The third-order valence-electron chi connectivity index (χ3n) is 3.73. The van der Waals surface area contributed by atoms with Crippen LogP contribution < -0.4 is 0 Å². The molecule has 1 N–H and O–H groups in total. The number of methoxy groups -OCH3 is 1. The van der Waals surface area contributed by atoms with Crippen molar-refractivity contribution in [1.29, 1.82) is 0 Å². The van der Waals surface area contributed by atoms with E-state index >= 15 is 0 Å². The first-order valence-electron chi connectivity index (χ1n) is 7.30. The molecule has 0 saturated carbocycles. The highest BCUT2D eigenvalue weighted by Crippen LogP contribution is 2.22. The topological polar surface area (TPSA) is 77.2 Å². The highest BCUT2D eigenvalue weighted by Gasteiger charge is 2.15. The fraction of sp³-hybridized carbons (Fsp3) is 0.235. The Labute approximate surface area is 133 Å². The van der Waals surface area contributed by atoms with Crippen molar-refractivity contribution >= 4 is 16.9 Å². The molecule has 6 heteroatoms. The van der Waals surface area contributed by atoms with Crippen LogP contribution in [0.3, 0.4) is 0 Å². The van der Waals surface area contributed by atoms with Gasteiger partial charge in [-0.25, -0.2) is 4.79 Å². The van der Waals surface area contributed by atoms with Crippen molar-refractivity contribution in [3.8, 4) is 0 Å². The van der Waals surface area contributed by atoms with Crippen molar-refractivity contribution in [2.24, 2.45) is 0 Å². The van der Waals surface area contributed by atoms with Gasteiger partial charge in [0.25, 0.3) is 0 Å². The number of rotatable bonds is 6. The van der Waals surface area contributed by atoms with Crippen LogP contribution in [0, 0.1) is 0 Å². The summed E-state index contributed by atoms with van der Waals surface area (Å²) in [5.41, 5.74) is 2.77. The van der Waals surface area contributed by atoms with E-state index in [9.17, 15) is 9.90 Å². The van der Waals surface area contributed by atoms with Crippen molar-refractivity contribution in [3.63, 3.8) is 0 Å². The number of carboxylic acids is 1. The number of para-hydroxylation sites is 1. The molecule has 1 aromatic carbocycles. The average molecular weight is 311 g/mol. The Bertz CT molecular complexity index is 842. The number of aromatic nitrogens is 3. The predicted octanol–water partition coefficient (Wildman–Crippen LogP) is 2.37. The Morgan fingerprint density at radius 1 is 1.30 bits per heavy atom. The maximum absolute atomic E-state index is 11.4. The molecule has 0 bridgehead atoms. The van der Waals surface area contributed by atoms with Crippen molar-refractivity contribution in [2.75, 3.05) is 13.7 Å². The third-order valence-corrected chi connectivity index (χ3v) is 3.73. The predicted molar refractivity (Wildman–Crippen MR) is 85.6 cm³/mol. The SMILES string of the molecule is COCCn1nc(Cc2cnccc2C(=O)O)c2ccccc21. The second-order valence-corrected chi connectivity index (χ2v) is 5.19. The second kappa shape index (κ2) is 6.58. The molecule has 0 saturated heterocycles. The molecule has 0 aliphatic rings. The summed E-state index contributed by atoms with van der Waals surface area (Å²) < 4.78 is 7.02. The van der Waals surface area contributed by atoms with E-state index in [0.717, 1.165) is 16.6 Å². The molecule has 2 aromatic heterocycles. The number of ether oxygens (including phenoxy) is 1. The number of fused-ring (bicyclic) bond motifs is 1. The summed E-state index contributed by atoms with van der Waals surface area (Å²) in [7, 11) is 1.65. The summed E-state index contributed by atoms with van der Waals surface area (Å²) in [6.07, 6.45) is 3.50. The van der Waals surface area contributed by atoms with Gasteiger partial charge in [0.05, 0.1) is 29.9 Å². The van der Waals surface area contributed by atoms with Gasteiger partial charge in [0.1, 0.15) is 0 Å². The molecule has 118 valence electrons. The number of carboxylic acid groups (broad SMARTS) is 1. The second-order valence-electron chi connectivity index (χ2n) is 5.19. The van der Waals surface area contributed by atoms with Crippen molar-refractivity contribution in [2.45, 2.75) is 13.0 Å².